The van der Waals surface area contributed by atoms with Gasteiger partial charge in [0.25, 0.3) is 5.71 Å². The third-order valence-electron chi connectivity index (χ3n) is 2.07. The molecule has 0 saturated carbocycles. The summed E-state index contributed by atoms with van der Waals surface area (Å²) < 4.78 is 0. The fourth-order valence-corrected chi connectivity index (χ4v) is 1.32. The second-order valence-corrected chi connectivity index (χ2v) is 3.12. The van der Waals surface area contributed by atoms with E-state index in [1.807, 2.05) is 37.4 Å². The molecule has 74 valence electrons. The van der Waals surface area contributed by atoms with Gasteiger partial charge >= 0.3 is 0 Å². The van der Waals surface area contributed by atoms with E-state index >= 15 is 0 Å². The van der Waals surface area contributed by atoms with E-state index in [-0.39, 0.29) is 0 Å². The van der Waals surface area contributed by atoms with Crippen LogP contribution in [-0.4, -0.2) is 24.1 Å². The molecule has 3 heteroatoms. The van der Waals surface area contributed by atoms with Crippen molar-refractivity contribution in [3.8, 4) is 0 Å². The molecule has 0 aliphatic rings. The quantitative estimate of drug-likeness (QED) is 0.326. The first-order valence-corrected chi connectivity index (χ1v) is 4.79. The molecular formula is C11H15N3. The van der Waals surface area contributed by atoms with E-state index in [0.717, 1.165) is 30.7 Å². The minimum atomic E-state index is 0.751. The SMILES string of the molecule is CNCCCC(=[N+]=[N-])c1ccccc1. The van der Waals surface area contributed by atoms with E-state index in [2.05, 4.69) is 10.1 Å². The van der Waals surface area contributed by atoms with Gasteiger partial charge in [-0.15, -0.1) is 0 Å². The molecule has 3 nitrogen and oxygen atoms in total. The smallest absolute Gasteiger partial charge is 0.299 e. The van der Waals surface area contributed by atoms with Crippen molar-refractivity contribution in [1.29, 1.82) is 0 Å². The zero-order chi connectivity index (χ0) is 10.2. The van der Waals surface area contributed by atoms with Crippen molar-refractivity contribution in [2.45, 2.75) is 12.8 Å². The molecule has 1 N–H and O–H groups in total. The molecule has 0 atom stereocenters. The van der Waals surface area contributed by atoms with Crippen LogP contribution < -0.4 is 5.32 Å². The Kier molecular flexibility index (Phi) is 4.62. The van der Waals surface area contributed by atoms with Crippen LogP contribution in [0.2, 0.25) is 0 Å². The molecule has 0 spiro atoms. The maximum atomic E-state index is 8.85. The molecule has 0 aliphatic heterocycles. The Morgan fingerprint density at radius 3 is 2.64 bits per heavy atom. The van der Waals surface area contributed by atoms with Gasteiger partial charge in [-0.2, -0.15) is 4.79 Å². The van der Waals surface area contributed by atoms with Crippen LogP contribution >= 0.6 is 0 Å². The van der Waals surface area contributed by atoms with Crippen LogP contribution in [0, 0.1) is 0 Å². The summed E-state index contributed by atoms with van der Waals surface area (Å²) in [4.78, 5) is 3.32. The van der Waals surface area contributed by atoms with E-state index in [1.165, 1.54) is 0 Å². The molecule has 14 heavy (non-hydrogen) atoms. The summed E-state index contributed by atoms with van der Waals surface area (Å²) in [6.45, 7) is 0.936. The Hall–Kier alpha value is -1.44. The normalized spacial score (nSPS) is 9.50. The van der Waals surface area contributed by atoms with Gasteiger partial charge in [-0.1, -0.05) is 18.2 Å². The molecule has 0 saturated heterocycles. The van der Waals surface area contributed by atoms with Crippen molar-refractivity contribution in [2.24, 2.45) is 0 Å². The number of hydrogen-bond acceptors (Lipinski definition) is 1. The van der Waals surface area contributed by atoms with E-state index in [1.54, 1.807) is 0 Å². The molecule has 0 unspecified atom stereocenters. The Bertz CT molecular complexity index is 313. The predicted octanol–water partition coefficient (Wildman–Crippen LogP) is 1.71. The molecule has 0 radical (unpaired) electrons. The summed E-state index contributed by atoms with van der Waals surface area (Å²) in [6.07, 6.45) is 1.77. The second-order valence-electron chi connectivity index (χ2n) is 3.12. The second kappa shape index (κ2) is 6.08. The fraction of sp³-hybridized carbons (Fsp3) is 0.364. The lowest BCUT2D eigenvalue weighted by Crippen LogP contribution is -2.11. The van der Waals surface area contributed by atoms with Gasteiger partial charge in [-0.25, -0.2) is 0 Å². The lowest BCUT2D eigenvalue weighted by Gasteiger charge is -1.96. The summed E-state index contributed by atoms with van der Waals surface area (Å²) in [5.74, 6) is 0. The third kappa shape index (κ3) is 3.13. The highest BCUT2D eigenvalue weighted by Gasteiger charge is 2.09. The fourth-order valence-electron chi connectivity index (χ4n) is 1.32. The van der Waals surface area contributed by atoms with Crippen LogP contribution in [0.4, 0.5) is 0 Å². The summed E-state index contributed by atoms with van der Waals surface area (Å²) in [6, 6.07) is 9.74. The van der Waals surface area contributed by atoms with Crippen molar-refractivity contribution in [1.82, 2.24) is 5.32 Å². The van der Waals surface area contributed by atoms with Gasteiger partial charge in [0.15, 0.2) is 0 Å². The lowest BCUT2D eigenvalue weighted by molar-refractivity contribution is -0.00706. The van der Waals surface area contributed by atoms with Crippen LogP contribution in [0.1, 0.15) is 18.4 Å². The molecule has 0 aromatic heterocycles. The van der Waals surface area contributed by atoms with Gasteiger partial charge in [0.05, 0.1) is 12.0 Å². The summed E-state index contributed by atoms with van der Waals surface area (Å²) in [5.41, 5.74) is 10.6. The average molecular weight is 189 g/mol. The van der Waals surface area contributed by atoms with Crippen LogP contribution in [0.25, 0.3) is 5.53 Å². The van der Waals surface area contributed by atoms with Gasteiger partial charge in [-0.05, 0) is 32.1 Å². The summed E-state index contributed by atoms with van der Waals surface area (Å²) >= 11 is 0. The van der Waals surface area contributed by atoms with Gasteiger partial charge in [-0.3, -0.25) is 0 Å². The van der Waals surface area contributed by atoms with Gasteiger partial charge in [0.1, 0.15) is 0 Å². The van der Waals surface area contributed by atoms with Crippen molar-refractivity contribution < 1.29 is 4.79 Å². The molecule has 0 bridgehead atoms. The van der Waals surface area contributed by atoms with Gasteiger partial charge in [0, 0.05) is 0 Å². The van der Waals surface area contributed by atoms with E-state index in [0.29, 0.717) is 0 Å². The summed E-state index contributed by atoms with van der Waals surface area (Å²) in [7, 11) is 1.91. The van der Waals surface area contributed by atoms with E-state index in [4.69, 9.17) is 5.53 Å². The molecule has 0 fully saturated rings. The summed E-state index contributed by atoms with van der Waals surface area (Å²) in [5, 5.41) is 3.06. The molecule has 0 amide bonds. The van der Waals surface area contributed by atoms with E-state index < -0.39 is 0 Å². The monoisotopic (exact) mass is 189 g/mol. The highest BCUT2D eigenvalue weighted by molar-refractivity contribution is 5.96. The van der Waals surface area contributed by atoms with Crippen molar-refractivity contribution in [3.63, 3.8) is 0 Å². The maximum Gasteiger partial charge on any atom is 0.299 e. The van der Waals surface area contributed by atoms with Crippen LogP contribution in [0.15, 0.2) is 30.3 Å². The minimum Gasteiger partial charge on any atom is -0.361 e. The highest BCUT2D eigenvalue weighted by Crippen LogP contribution is 2.03. The number of rotatable bonds is 5. The van der Waals surface area contributed by atoms with Gasteiger partial charge in [0.2, 0.25) is 0 Å². The Balaban J connectivity index is 2.61. The molecule has 1 aromatic rings. The first kappa shape index (κ1) is 10.6. The number of nitrogens with one attached hydrogen (secondary N) is 1. The third-order valence-corrected chi connectivity index (χ3v) is 2.07. The lowest BCUT2D eigenvalue weighted by atomic mass is 10.1. The first-order chi connectivity index (χ1) is 6.88. The number of hydrogen-bond donors (Lipinski definition) is 1. The Morgan fingerprint density at radius 1 is 1.36 bits per heavy atom. The molecular weight excluding hydrogens is 174 g/mol. The zero-order valence-electron chi connectivity index (χ0n) is 8.40. The predicted molar refractivity (Wildman–Crippen MR) is 57.3 cm³/mol. The van der Waals surface area contributed by atoms with Crippen molar-refractivity contribution in [3.05, 3.63) is 41.4 Å². The first-order valence-electron chi connectivity index (χ1n) is 4.79. The van der Waals surface area contributed by atoms with Crippen molar-refractivity contribution in [2.75, 3.05) is 13.6 Å². The molecule has 1 aromatic carbocycles. The molecule has 0 heterocycles. The molecule has 1 rings (SSSR count). The zero-order valence-corrected chi connectivity index (χ0v) is 8.40. The molecule has 0 aliphatic carbocycles. The van der Waals surface area contributed by atoms with E-state index in [9.17, 15) is 0 Å². The van der Waals surface area contributed by atoms with Crippen molar-refractivity contribution >= 4 is 5.71 Å². The largest absolute Gasteiger partial charge is 0.361 e. The Labute approximate surface area is 84.4 Å². The van der Waals surface area contributed by atoms with Gasteiger partial charge < -0.3 is 10.8 Å². The van der Waals surface area contributed by atoms with Crippen LogP contribution in [0.5, 0.6) is 0 Å². The minimum absolute atomic E-state index is 0.751. The maximum absolute atomic E-state index is 8.85. The standard InChI is InChI=1S/C11H15N3/c1-13-9-5-8-11(14-12)10-6-3-2-4-7-10/h2-4,6-7,13H,5,8-9H2,1H3. The van der Waals surface area contributed by atoms with Crippen LogP contribution in [-0.2, 0) is 0 Å². The number of benzene rings is 1. The number of nitrogens with zero attached hydrogens (tertiary/aromatic N) is 2. The Morgan fingerprint density at radius 2 is 2.07 bits per heavy atom. The van der Waals surface area contributed by atoms with Crippen LogP contribution in [0.3, 0.4) is 0 Å². The topological polar surface area (TPSA) is 48.4 Å². The average Bonchev–Trinajstić information content (AvgIpc) is 2.26. The highest BCUT2D eigenvalue weighted by atomic mass is 14.9.